The molecule has 8 heteroatoms. The first-order chi connectivity index (χ1) is 11.0. The zero-order valence-electron chi connectivity index (χ0n) is 12.8. The average Bonchev–Trinajstić information content (AvgIpc) is 3.00. The molecule has 0 aliphatic carbocycles. The van der Waals surface area contributed by atoms with Crippen LogP contribution in [-0.2, 0) is 4.79 Å². The maximum Gasteiger partial charge on any atom is 0.233 e. The fraction of sp³-hybridized carbons (Fsp3) is 0.267. The van der Waals surface area contributed by atoms with E-state index in [1.54, 1.807) is 38.3 Å². The van der Waals surface area contributed by atoms with Crippen LogP contribution in [0.25, 0.3) is 11.4 Å². The van der Waals surface area contributed by atoms with Crippen molar-refractivity contribution < 1.29 is 9.53 Å². The van der Waals surface area contributed by atoms with Crippen LogP contribution in [0.1, 0.15) is 6.92 Å². The van der Waals surface area contributed by atoms with Gasteiger partial charge in [-0.25, -0.2) is 4.98 Å². The van der Waals surface area contributed by atoms with Gasteiger partial charge in [0.1, 0.15) is 5.75 Å². The molecule has 0 spiro atoms. The van der Waals surface area contributed by atoms with Gasteiger partial charge in [-0.05, 0) is 25.1 Å². The Morgan fingerprint density at radius 3 is 3.09 bits per heavy atom. The predicted octanol–water partition coefficient (Wildman–Crippen LogP) is 2.92. The first kappa shape index (κ1) is 17.4. The quantitative estimate of drug-likeness (QED) is 0.591. The number of rotatable bonds is 7. The van der Waals surface area contributed by atoms with Crippen LogP contribution in [0, 0.1) is 0 Å². The maximum atomic E-state index is 11.8. The van der Waals surface area contributed by atoms with Crippen LogP contribution >= 0.6 is 23.4 Å². The van der Waals surface area contributed by atoms with E-state index in [1.807, 2.05) is 0 Å². The van der Waals surface area contributed by atoms with Gasteiger partial charge in [0.2, 0.25) is 11.1 Å². The van der Waals surface area contributed by atoms with E-state index in [4.69, 9.17) is 16.3 Å². The molecule has 0 radical (unpaired) electrons. The number of nitrogens with zero attached hydrogens (tertiary/aromatic N) is 2. The molecule has 0 saturated carbocycles. The lowest BCUT2D eigenvalue weighted by Crippen LogP contribution is -2.30. The monoisotopic (exact) mass is 352 g/mol. The number of methoxy groups -OCH3 is 1. The van der Waals surface area contributed by atoms with Gasteiger partial charge in [-0.3, -0.25) is 9.89 Å². The number of hydrogen-bond donors (Lipinski definition) is 2. The lowest BCUT2D eigenvalue weighted by Gasteiger charge is -2.08. The third kappa shape index (κ3) is 4.49. The second-order valence-corrected chi connectivity index (χ2v) is 6.35. The summed E-state index contributed by atoms with van der Waals surface area (Å²) >= 11 is 7.28. The van der Waals surface area contributed by atoms with E-state index in [9.17, 15) is 4.79 Å². The number of aromatic amines is 1. The Balaban J connectivity index is 2.13. The second kappa shape index (κ2) is 8.03. The van der Waals surface area contributed by atoms with E-state index >= 15 is 0 Å². The number of benzene rings is 1. The fourth-order valence-electron chi connectivity index (χ4n) is 1.81. The highest BCUT2D eigenvalue weighted by Crippen LogP contribution is 2.31. The summed E-state index contributed by atoms with van der Waals surface area (Å²) in [6.45, 7) is 5.79. The molecule has 23 heavy (non-hydrogen) atoms. The molecule has 1 aromatic heterocycles. The van der Waals surface area contributed by atoms with Crippen LogP contribution in [0.5, 0.6) is 5.75 Å². The SMILES string of the molecule is C=CCNC(=O)C(C)Sc1n[nH]c(-c2cc(Cl)ccc2OC)n1. The minimum atomic E-state index is -0.320. The Bertz CT molecular complexity index is 705. The second-order valence-electron chi connectivity index (χ2n) is 4.61. The topological polar surface area (TPSA) is 79.9 Å². The van der Waals surface area contributed by atoms with Crippen LogP contribution in [0.3, 0.4) is 0 Å². The third-order valence-corrected chi connectivity index (χ3v) is 4.15. The Labute approximate surface area is 143 Å². The largest absolute Gasteiger partial charge is 0.496 e. The minimum absolute atomic E-state index is 0.0958. The van der Waals surface area contributed by atoms with Crippen LogP contribution in [0.4, 0.5) is 0 Å². The van der Waals surface area contributed by atoms with Crippen molar-refractivity contribution in [2.24, 2.45) is 0 Å². The van der Waals surface area contributed by atoms with E-state index in [1.165, 1.54) is 11.8 Å². The number of ether oxygens (including phenoxy) is 1. The molecule has 1 unspecified atom stereocenters. The van der Waals surface area contributed by atoms with Gasteiger partial charge in [0.05, 0.1) is 17.9 Å². The third-order valence-electron chi connectivity index (χ3n) is 2.95. The molecule has 0 saturated heterocycles. The molecule has 122 valence electrons. The molecule has 0 bridgehead atoms. The number of thioether (sulfide) groups is 1. The molecular formula is C15H17ClN4O2S. The van der Waals surface area contributed by atoms with E-state index in [0.717, 1.165) is 0 Å². The molecule has 1 atom stereocenters. The molecule has 2 N–H and O–H groups in total. The summed E-state index contributed by atoms with van der Waals surface area (Å²) in [5.74, 6) is 1.08. The van der Waals surface area contributed by atoms with Crippen molar-refractivity contribution in [2.75, 3.05) is 13.7 Å². The summed E-state index contributed by atoms with van der Waals surface area (Å²) in [5, 5.41) is 10.4. The highest BCUT2D eigenvalue weighted by molar-refractivity contribution is 8.00. The van der Waals surface area contributed by atoms with Crippen molar-refractivity contribution in [3.63, 3.8) is 0 Å². The summed E-state index contributed by atoms with van der Waals surface area (Å²) in [6.07, 6.45) is 1.63. The predicted molar refractivity (Wildman–Crippen MR) is 91.9 cm³/mol. The Hall–Kier alpha value is -1.99. The van der Waals surface area contributed by atoms with Crippen molar-refractivity contribution >= 4 is 29.3 Å². The van der Waals surface area contributed by atoms with Crippen molar-refractivity contribution in [3.8, 4) is 17.1 Å². The van der Waals surface area contributed by atoms with Crippen LogP contribution in [0.2, 0.25) is 5.02 Å². The molecule has 0 fully saturated rings. The van der Waals surface area contributed by atoms with Crippen molar-refractivity contribution in [1.29, 1.82) is 0 Å². The molecule has 2 aromatic rings. The molecule has 0 aliphatic heterocycles. The molecule has 1 amide bonds. The number of carbonyl (C=O) groups excluding carboxylic acids is 1. The summed E-state index contributed by atoms with van der Waals surface area (Å²) in [4.78, 5) is 16.2. The zero-order valence-corrected chi connectivity index (χ0v) is 14.4. The first-order valence-corrected chi connectivity index (χ1v) is 8.12. The molecule has 0 aliphatic rings. The summed E-state index contributed by atoms with van der Waals surface area (Å²) in [5.41, 5.74) is 0.711. The first-order valence-electron chi connectivity index (χ1n) is 6.86. The molecule has 1 aromatic carbocycles. The summed E-state index contributed by atoms with van der Waals surface area (Å²) < 4.78 is 5.30. The molecule has 1 heterocycles. The zero-order chi connectivity index (χ0) is 16.8. The van der Waals surface area contributed by atoms with Gasteiger partial charge in [0.15, 0.2) is 5.82 Å². The van der Waals surface area contributed by atoms with E-state index in [0.29, 0.717) is 33.9 Å². The van der Waals surface area contributed by atoms with Crippen LogP contribution in [-0.4, -0.2) is 40.0 Å². The van der Waals surface area contributed by atoms with Crippen LogP contribution in [0.15, 0.2) is 36.0 Å². The van der Waals surface area contributed by atoms with Crippen LogP contribution < -0.4 is 10.1 Å². The number of carbonyl (C=O) groups is 1. The lowest BCUT2D eigenvalue weighted by molar-refractivity contribution is -0.120. The Morgan fingerprint density at radius 2 is 2.39 bits per heavy atom. The Kier molecular flexibility index (Phi) is 6.06. The van der Waals surface area contributed by atoms with Crippen molar-refractivity contribution in [3.05, 3.63) is 35.9 Å². The van der Waals surface area contributed by atoms with Gasteiger partial charge in [-0.1, -0.05) is 29.4 Å². The van der Waals surface area contributed by atoms with E-state index < -0.39 is 0 Å². The minimum Gasteiger partial charge on any atom is -0.496 e. The van der Waals surface area contributed by atoms with E-state index in [-0.39, 0.29) is 11.2 Å². The number of amides is 1. The molecule has 2 rings (SSSR count). The Morgan fingerprint density at radius 1 is 1.61 bits per heavy atom. The smallest absolute Gasteiger partial charge is 0.233 e. The maximum absolute atomic E-state index is 11.8. The van der Waals surface area contributed by atoms with Gasteiger partial charge in [-0.2, -0.15) is 0 Å². The number of hydrogen-bond acceptors (Lipinski definition) is 5. The van der Waals surface area contributed by atoms with Crippen molar-refractivity contribution in [1.82, 2.24) is 20.5 Å². The highest BCUT2D eigenvalue weighted by Gasteiger charge is 2.18. The fourth-order valence-corrected chi connectivity index (χ4v) is 2.73. The molecule has 6 nitrogen and oxygen atoms in total. The van der Waals surface area contributed by atoms with E-state index in [2.05, 4.69) is 27.1 Å². The van der Waals surface area contributed by atoms with Gasteiger partial charge in [0.25, 0.3) is 0 Å². The number of halogens is 1. The van der Waals surface area contributed by atoms with Gasteiger partial charge < -0.3 is 10.1 Å². The molecular weight excluding hydrogens is 336 g/mol. The van der Waals surface area contributed by atoms with Crippen molar-refractivity contribution in [2.45, 2.75) is 17.3 Å². The number of aromatic nitrogens is 3. The summed E-state index contributed by atoms with van der Waals surface area (Å²) in [7, 11) is 1.57. The highest BCUT2D eigenvalue weighted by atomic mass is 35.5. The van der Waals surface area contributed by atoms with Gasteiger partial charge >= 0.3 is 0 Å². The standard InChI is InChI=1S/C15H17ClN4O2S/c1-4-7-17-14(21)9(2)23-15-18-13(19-20-15)11-8-10(16)5-6-12(11)22-3/h4-6,8-9H,1,7H2,2-3H3,(H,17,21)(H,18,19,20). The number of H-pyrrole nitrogens is 1. The normalized spacial score (nSPS) is 11.8. The summed E-state index contributed by atoms with van der Waals surface area (Å²) in [6, 6.07) is 5.25. The van der Waals surface area contributed by atoms with Gasteiger partial charge in [0, 0.05) is 11.6 Å². The lowest BCUT2D eigenvalue weighted by atomic mass is 10.2. The number of nitrogens with one attached hydrogen (secondary N) is 2. The van der Waals surface area contributed by atoms with Gasteiger partial charge in [-0.15, -0.1) is 11.7 Å². The average molecular weight is 353 g/mol.